The number of aromatic nitrogens is 1. The zero-order valence-corrected chi connectivity index (χ0v) is 13.0. The molecular formula is C14H18N2O4S. The van der Waals surface area contributed by atoms with Crippen LogP contribution in [0.5, 0.6) is 5.88 Å². The fraction of sp³-hybridized carbons (Fsp3) is 0.357. The summed E-state index contributed by atoms with van der Waals surface area (Å²) in [5.41, 5.74) is 0.497. The third-order valence-corrected chi connectivity index (χ3v) is 4.52. The molecule has 7 heteroatoms. The van der Waals surface area contributed by atoms with Gasteiger partial charge in [0.2, 0.25) is 15.9 Å². The van der Waals surface area contributed by atoms with Crippen LogP contribution in [0.2, 0.25) is 0 Å². The van der Waals surface area contributed by atoms with Crippen LogP contribution in [0, 0.1) is 0 Å². The first-order chi connectivity index (χ1) is 9.96. The van der Waals surface area contributed by atoms with Crippen LogP contribution < -0.4 is 9.46 Å². The predicted molar refractivity (Wildman–Crippen MR) is 82.2 cm³/mol. The van der Waals surface area contributed by atoms with Gasteiger partial charge in [-0.1, -0.05) is 6.07 Å². The van der Waals surface area contributed by atoms with E-state index in [9.17, 15) is 8.42 Å². The molecule has 0 bridgehead atoms. The number of sulfonamides is 1. The van der Waals surface area contributed by atoms with Gasteiger partial charge in [-0.2, -0.15) is 0 Å². The molecule has 1 heterocycles. The highest BCUT2D eigenvalue weighted by Crippen LogP contribution is 2.29. The van der Waals surface area contributed by atoms with Crippen molar-refractivity contribution in [3.05, 3.63) is 30.5 Å². The number of anilines is 1. The molecule has 0 saturated carbocycles. The van der Waals surface area contributed by atoms with E-state index in [1.807, 2.05) is 6.07 Å². The molecule has 0 amide bonds. The number of benzene rings is 1. The Bertz CT molecular complexity index is 731. The lowest BCUT2D eigenvalue weighted by molar-refractivity contribution is 0.136. The average Bonchev–Trinajstić information content (AvgIpc) is 2.46. The first kappa shape index (κ1) is 15.5. The van der Waals surface area contributed by atoms with Crippen molar-refractivity contribution in [2.24, 2.45) is 0 Å². The van der Waals surface area contributed by atoms with Crippen LogP contribution in [-0.2, 0) is 14.8 Å². The fourth-order valence-electron chi connectivity index (χ4n) is 2.02. The van der Waals surface area contributed by atoms with E-state index in [2.05, 4.69) is 9.71 Å². The van der Waals surface area contributed by atoms with Crippen LogP contribution in [0.1, 0.15) is 6.92 Å². The summed E-state index contributed by atoms with van der Waals surface area (Å²) in [6, 6.07) is 7.03. The normalized spacial score (nSPS) is 13.1. The van der Waals surface area contributed by atoms with Crippen LogP contribution in [0.3, 0.4) is 0 Å². The summed E-state index contributed by atoms with van der Waals surface area (Å²) >= 11 is 0. The Labute approximate surface area is 124 Å². The number of pyridine rings is 1. The van der Waals surface area contributed by atoms with E-state index in [4.69, 9.17) is 9.47 Å². The number of methoxy groups -OCH3 is 2. The van der Waals surface area contributed by atoms with Crippen molar-refractivity contribution in [3.63, 3.8) is 0 Å². The summed E-state index contributed by atoms with van der Waals surface area (Å²) in [6.07, 6.45) is 1.20. The van der Waals surface area contributed by atoms with E-state index in [0.29, 0.717) is 11.6 Å². The Balaban J connectivity index is 2.39. The van der Waals surface area contributed by atoms with Gasteiger partial charge in [0.15, 0.2) is 0 Å². The zero-order chi connectivity index (χ0) is 15.5. The second-order valence-electron chi connectivity index (χ2n) is 4.65. The van der Waals surface area contributed by atoms with Gasteiger partial charge in [0.1, 0.15) is 0 Å². The number of nitrogens with zero attached hydrogens (tertiary/aromatic N) is 1. The molecule has 1 N–H and O–H groups in total. The molecule has 0 fully saturated rings. The predicted octanol–water partition coefficient (Wildman–Crippen LogP) is 2.02. The highest BCUT2D eigenvalue weighted by atomic mass is 32.2. The molecule has 0 aliphatic heterocycles. The number of rotatable bonds is 6. The highest BCUT2D eigenvalue weighted by molar-refractivity contribution is 7.92. The monoisotopic (exact) mass is 310 g/mol. The molecule has 2 rings (SSSR count). The summed E-state index contributed by atoms with van der Waals surface area (Å²) in [4.78, 5) is 4.11. The maximum absolute atomic E-state index is 12.1. The maximum atomic E-state index is 12.1. The Kier molecular flexibility index (Phi) is 4.64. The van der Waals surface area contributed by atoms with Gasteiger partial charge < -0.3 is 9.47 Å². The molecule has 1 atom stereocenters. The van der Waals surface area contributed by atoms with Crippen molar-refractivity contribution in [2.45, 2.75) is 13.0 Å². The van der Waals surface area contributed by atoms with Gasteiger partial charge in [0.25, 0.3) is 0 Å². The van der Waals surface area contributed by atoms with E-state index in [1.54, 1.807) is 31.3 Å². The maximum Gasteiger partial charge on any atom is 0.235 e. The van der Waals surface area contributed by atoms with Gasteiger partial charge in [0, 0.05) is 24.1 Å². The minimum Gasteiger partial charge on any atom is -0.481 e. The molecular weight excluding hydrogens is 292 g/mol. The first-order valence-corrected chi connectivity index (χ1v) is 8.07. The first-order valence-electron chi connectivity index (χ1n) is 6.42. The van der Waals surface area contributed by atoms with Crippen LogP contribution >= 0.6 is 0 Å². The van der Waals surface area contributed by atoms with E-state index in [0.717, 1.165) is 10.8 Å². The molecule has 114 valence electrons. The number of ether oxygens (including phenoxy) is 2. The molecule has 0 aliphatic rings. The lowest BCUT2D eigenvalue weighted by Crippen LogP contribution is -2.25. The molecule has 0 unspecified atom stereocenters. The molecule has 21 heavy (non-hydrogen) atoms. The number of fused-ring (bicyclic) bond motifs is 1. The summed E-state index contributed by atoms with van der Waals surface area (Å²) in [5.74, 6) is 0.348. The van der Waals surface area contributed by atoms with Crippen molar-refractivity contribution in [1.29, 1.82) is 0 Å². The molecule has 6 nitrogen and oxygen atoms in total. The van der Waals surface area contributed by atoms with Gasteiger partial charge in [-0.3, -0.25) is 4.72 Å². The third kappa shape index (κ3) is 3.62. The van der Waals surface area contributed by atoms with Crippen molar-refractivity contribution >= 4 is 26.5 Å². The van der Waals surface area contributed by atoms with Crippen LogP contribution in [0.25, 0.3) is 10.8 Å². The Morgan fingerprint density at radius 2 is 2.00 bits per heavy atom. The minimum atomic E-state index is -3.49. The second-order valence-corrected chi connectivity index (χ2v) is 6.42. The quantitative estimate of drug-likeness (QED) is 0.883. The van der Waals surface area contributed by atoms with Crippen LogP contribution in [-0.4, -0.2) is 39.5 Å². The lowest BCUT2D eigenvalue weighted by Gasteiger charge is -2.14. The number of hydrogen-bond acceptors (Lipinski definition) is 5. The summed E-state index contributed by atoms with van der Waals surface area (Å²) in [5, 5.41) is 1.48. The molecule has 2 aromatic rings. The van der Waals surface area contributed by atoms with Gasteiger partial charge in [0.05, 0.1) is 24.7 Å². The van der Waals surface area contributed by atoms with Gasteiger partial charge in [-0.15, -0.1) is 0 Å². The van der Waals surface area contributed by atoms with Crippen LogP contribution in [0.15, 0.2) is 30.5 Å². The van der Waals surface area contributed by atoms with Crippen molar-refractivity contribution < 1.29 is 17.9 Å². The van der Waals surface area contributed by atoms with E-state index in [1.165, 1.54) is 14.2 Å². The van der Waals surface area contributed by atoms with Crippen molar-refractivity contribution in [2.75, 3.05) is 24.7 Å². The summed E-state index contributed by atoms with van der Waals surface area (Å²) in [6.45, 7) is 1.70. The molecule has 1 aromatic heterocycles. The van der Waals surface area contributed by atoms with E-state index in [-0.39, 0.29) is 11.9 Å². The van der Waals surface area contributed by atoms with Gasteiger partial charge >= 0.3 is 0 Å². The van der Waals surface area contributed by atoms with Gasteiger partial charge in [-0.25, -0.2) is 13.4 Å². The molecule has 0 radical (unpaired) electrons. The second kappa shape index (κ2) is 6.28. The third-order valence-electron chi connectivity index (χ3n) is 3.08. The molecule has 1 aromatic carbocycles. The number of nitrogens with one attached hydrogen (secondary N) is 1. The van der Waals surface area contributed by atoms with Gasteiger partial charge in [-0.05, 0) is 25.1 Å². The zero-order valence-electron chi connectivity index (χ0n) is 12.2. The Hall–Kier alpha value is -1.86. The smallest absolute Gasteiger partial charge is 0.235 e. The number of hydrogen-bond donors (Lipinski definition) is 1. The Morgan fingerprint density at radius 1 is 1.24 bits per heavy atom. The lowest BCUT2D eigenvalue weighted by atomic mass is 10.1. The van der Waals surface area contributed by atoms with E-state index < -0.39 is 10.0 Å². The topological polar surface area (TPSA) is 77.5 Å². The molecule has 0 saturated heterocycles. The summed E-state index contributed by atoms with van der Waals surface area (Å²) in [7, 11) is -0.486. The standard InChI is InChI=1S/C14H18N2O4S/c1-10(19-2)9-21(17,18)16-13-6-4-5-12-11(13)7-8-15-14(12)20-3/h4-8,10,16H,9H2,1-3H3/t10-/m0/s1. The van der Waals surface area contributed by atoms with Crippen molar-refractivity contribution in [1.82, 2.24) is 4.98 Å². The minimum absolute atomic E-state index is 0.109. The van der Waals surface area contributed by atoms with E-state index >= 15 is 0 Å². The fourth-order valence-corrected chi connectivity index (χ4v) is 3.37. The van der Waals surface area contributed by atoms with Crippen LogP contribution in [0.4, 0.5) is 5.69 Å². The Morgan fingerprint density at radius 3 is 2.67 bits per heavy atom. The highest BCUT2D eigenvalue weighted by Gasteiger charge is 2.17. The summed E-state index contributed by atoms with van der Waals surface area (Å²) < 4.78 is 37.0. The largest absolute Gasteiger partial charge is 0.481 e. The average molecular weight is 310 g/mol. The molecule has 0 aliphatic carbocycles. The molecule has 0 spiro atoms. The van der Waals surface area contributed by atoms with Crippen molar-refractivity contribution in [3.8, 4) is 5.88 Å². The SMILES string of the molecule is COc1nccc2c(NS(=O)(=O)C[C@H](C)OC)cccc12.